The number of hydrogen-bond donors (Lipinski definition) is 0. The highest BCUT2D eigenvalue weighted by molar-refractivity contribution is 7.99. The fourth-order valence-electron chi connectivity index (χ4n) is 2.50. The number of rotatable bonds is 8. The van der Waals surface area contributed by atoms with Crippen molar-refractivity contribution in [2.45, 2.75) is 22.6 Å². The Kier molecular flexibility index (Phi) is 6.36. The molecule has 2 rings (SSSR count). The molecule has 0 aliphatic carbocycles. The van der Waals surface area contributed by atoms with Gasteiger partial charge in [0.1, 0.15) is 11.5 Å². The van der Waals surface area contributed by atoms with E-state index in [-0.39, 0.29) is 0 Å². The van der Waals surface area contributed by atoms with Gasteiger partial charge >= 0.3 is 0 Å². The molecule has 0 amide bonds. The summed E-state index contributed by atoms with van der Waals surface area (Å²) in [4.78, 5) is 2.14. The van der Waals surface area contributed by atoms with Crippen molar-refractivity contribution in [1.82, 2.24) is 0 Å². The Bertz CT molecular complexity index is 633. The van der Waals surface area contributed by atoms with E-state index in [0.717, 1.165) is 45.3 Å². The van der Waals surface area contributed by atoms with Gasteiger partial charge in [0.25, 0.3) is 0 Å². The van der Waals surface area contributed by atoms with Crippen molar-refractivity contribution in [2.24, 2.45) is 0 Å². The molecule has 0 unspecified atom stereocenters. The van der Waals surface area contributed by atoms with Crippen LogP contribution < -0.4 is 9.47 Å². The maximum atomic E-state index is 5.63. The molecule has 0 saturated carbocycles. The van der Waals surface area contributed by atoms with E-state index in [2.05, 4.69) is 37.4 Å². The van der Waals surface area contributed by atoms with Gasteiger partial charge in [-0.15, -0.1) is 13.2 Å². The molecule has 0 aliphatic rings. The van der Waals surface area contributed by atoms with E-state index in [1.165, 1.54) is 0 Å². The average molecular weight is 326 g/mol. The Morgan fingerprint density at radius 3 is 1.61 bits per heavy atom. The molecule has 0 N–H and O–H groups in total. The summed E-state index contributed by atoms with van der Waals surface area (Å²) in [6, 6.07) is 12.4. The molecule has 0 heterocycles. The molecule has 2 nitrogen and oxygen atoms in total. The highest BCUT2D eigenvalue weighted by Gasteiger charge is 2.14. The van der Waals surface area contributed by atoms with Gasteiger partial charge in [-0.1, -0.05) is 48.2 Å². The Balaban J connectivity index is 2.43. The monoisotopic (exact) mass is 326 g/mol. The largest absolute Gasteiger partial charge is 0.495 e. The van der Waals surface area contributed by atoms with Gasteiger partial charge in [0.15, 0.2) is 0 Å². The van der Waals surface area contributed by atoms with Gasteiger partial charge < -0.3 is 9.47 Å². The first-order valence-corrected chi connectivity index (χ1v) is 8.28. The summed E-state index contributed by atoms with van der Waals surface area (Å²) in [6.45, 7) is 7.63. The topological polar surface area (TPSA) is 18.5 Å². The second-order valence-electron chi connectivity index (χ2n) is 4.98. The van der Waals surface area contributed by atoms with E-state index in [1.54, 1.807) is 26.0 Å². The van der Waals surface area contributed by atoms with Crippen LogP contribution in [0.1, 0.15) is 11.1 Å². The molecule has 23 heavy (non-hydrogen) atoms. The highest BCUT2D eigenvalue weighted by Crippen LogP contribution is 2.42. The summed E-state index contributed by atoms with van der Waals surface area (Å²) in [6.07, 6.45) is 5.34. The van der Waals surface area contributed by atoms with Gasteiger partial charge in [-0.2, -0.15) is 0 Å². The molecule has 0 fully saturated rings. The van der Waals surface area contributed by atoms with Crippen LogP contribution in [0, 0.1) is 0 Å². The molecule has 0 aliphatic heterocycles. The molecule has 3 heteroatoms. The first-order valence-electron chi connectivity index (χ1n) is 7.46. The standard InChI is InChI=1S/C20H22O2S/c1-5-9-15-11-7-13-17(19(15)21-3)23-18-14-8-12-16(10-6-2)20(18)22-4/h5-8,11-14H,1-2,9-10H2,3-4H3. The lowest BCUT2D eigenvalue weighted by Gasteiger charge is -2.15. The summed E-state index contributed by atoms with van der Waals surface area (Å²) in [5.74, 6) is 1.79. The second-order valence-corrected chi connectivity index (χ2v) is 6.07. The Morgan fingerprint density at radius 2 is 1.26 bits per heavy atom. The van der Waals surface area contributed by atoms with Gasteiger partial charge in [-0.25, -0.2) is 0 Å². The molecule has 0 bridgehead atoms. The van der Waals surface area contributed by atoms with Gasteiger partial charge in [0, 0.05) is 0 Å². The zero-order chi connectivity index (χ0) is 16.7. The predicted molar refractivity (Wildman–Crippen MR) is 97.9 cm³/mol. The molecule has 0 radical (unpaired) electrons. The van der Waals surface area contributed by atoms with Crippen LogP contribution in [-0.2, 0) is 12.8 Å². The summed E-state index contributed by atoms with van der Waals surface area (Å²) in [5.41, 5.74) is 2.27. The minimum atomic E-state index is 0.783. The normalized spacial score (nSPS) is 10.2. The third kappa shape index (κ3) is 3.99. The van der Waals surface area contributed by atoms with Crippen LogP contribution in [0.3, 0.4) is 0 Å². The maximum Gasteiger partial charge on any atom is 0.136 e. The van der Waals surface area contributed by atoms with Crippen molar-refractivity contribution < 1.29 is 9.47 Å². The summed E-state index contributed by atoms with van der Waals surface area (Å²) in [7, 11) is 3.41. The van der Waals surface area contributed by atoms with E-state index in [0.29, 0.717) is 0 Å². The summed E-state index contributed by atoms with van der Waals surface area (Å²) >= 11 is 1.65. The van der Waals surface area contributed by atoms with E-state index in [4.69, 9.17) is 9.47 Å². The quantitative estimate of drug-likeness (QED) is 0.612. The number of para-hydroxylation sites is 2. The number of hydrogen-bond acceptors (Lipinski definition) is 3. The minimum absolute atomic E-state index is 0.783. The van der Waals surface area contributed by atoms with Crippen molar-refractivity contribution in [2.75, 3.05) is 14.2 Å². The first-order chi connectivity index (χ1) is 11.2. The molecular weight excluding hydrogens is 304 g/mol. The van der Waals surface area contributed by atoms with Crippen LogP contribution in [0.15, 0.2) is 71.5 Å². The lowest BCUT2D eigenvalue weighted by molar-refractivity contribution is 0.398. The predicted octanol–water partition coefficient (Wildman–Crippen LogP) is 5.31. The molecule has 2 aromatic rings. The number of ether oxygens (including phenoxy) is 2. The molecule has 120 valence electrons. The van der Waals surface area contributed by atoms with Crippen LogP contribution in [0.5, 0.6) is 11.5 Å². The number of allylic oxidation sites excluding steroid dienone is 2. The van der Waals surface area contributed by atoms with Crippen molar-refractivity contribution >= 4 is 11.8 Å². The molecule has 2 aromatic carbocycles. The van der Waals surface area contributed by atoms with Gasteiger partial charge in [0.05, 0.1) is 24.0 Å². The SMILES string of the molecule is C=CCc1cccc(Sc2cccc(CC=C)c2OC)c1OC. The summed E-state index contributed by atoms with van der Waals surface area (Å²) in [5, 5.41) is 0. The lowest BCUT2D eigenvalue weighted by atomic mass is 10.1. The second kappa shape index (κ2) is 8.49. The van der Waals surface area contributed by atoms with Crippen LogP contribution in [0.4, 0.5) is 0 Å². The average Bonchev–Trinajstić information content (AvgIpc) is 2.56. The van der Waals surface area contributed by atoms with Crippen LogP contribution in [0.2, 0.25) is 0 Å². The van der Waals surface area contributed by atoms with Crippen LogP contribution >= 0.6 is 11.8 Å². The minimum Gasteiger partial charge on any atom is -0.495 e. The fraction of sp³-hybridized carbons (Fsp3) is 0.200. The van der Waals surface area contributed by atoms with E-state index in [1.807, 2.05) is 24.3 Å². The van der Waals surface area contributed by atoms with E-state index >= 15 is 0 Å². The number of benzene rings is 2. The van der Waals surface area contributed by atoms with Crippen molar-refractivity contribution in [1.29, 1.82) is 0 Å². The van der Waals surface area contributed by atoms with Crippen LogP contribution in [-0.4, -0.2) is 14.2 Å². The lowest BCUT2D eigenvalue weighted by Crippen LogP contribution is -1.95. The first kappa shape index (κ1) is 17.2. The maximum absolute atomic E-state index is 5.63. The van der Waals surface area contributed by atoms with E-state index in [9.17, 15) is 0 Å². The van der Waals surface area contributed by atoms with Crippen molar-refractivity contribution in [3.8, 4) is 11.5 Å². The van der Waals surface area contributed by atoms with Gasteiger partial charge in [0.2, 0.25) is 0 Å². The molecular formula is C20H22O2S. The van der Waals surface area contributed by atoms with Gasteiger partial charge in [-0.05, 0) is 36.1 Å². The van der Waals surface area contributed by atoms with Gasteiger partial charge in [-0.3, -0.25) is 0 Å². The zero-order valence-corrected chi connectivity index (χ0v) is 14.5. The molecule has 0 spiro atoms. The fourth-order valence-corrected chi connectivity index (χ4v) is 3.64. The Labute approximate surface area is 142 Å². The van der Waals surface area contributed by atoms with E-state index < -0.39 is 0 Å². The smallest absolute Gasteiger partial charge is 0.136 e. The third-order valence-electron chi connectivity index (χ3n) is 3.48. The van der Waals surface area contributed by atoms with Crippen molar-refractivity contribution in [3.05, 3.63) is 72.8 Å². The number of methoxy groups -OCH3 is 2. The Hall–Kier alpha value is -2.13. The zero-order valence-electron chi connectivity index (χ0n) is 13.7. The van der Waals surface area contributed by atoms with Crippen LogP contribution in [0.25, 0.3) is 0 Å². The third-order valence-corrected chi connectivity index (χ3v) is 4.56. The molecule has 0 atom stereocenters. The molecule has 0 saturated heterocycles. The van der Waals surface area contributed by atoms with Crippen molar-refractivity contribution in [3.63, 3.8) is 0 Å². The highest BCUT2D eigenvalue weighted by atomic mass is 32.2. The molecule has 0 aromatic heterocycles. The Morgan fingerprint density at radius 1 is 0.826 bits per heavy atom. The summed E-state index contributed by atoms with van der Waals surface area (Å²) < 4.78 is 11.3.